The molecule has 18 heavy (non-hydrogen) atoms. The first kappa shape index (κ1) is 12.8. The highest BCUT2D eigenvalue weighted by Gasteiger charge is 2.08. The second-order valence-electron chi connectivity index (χ2n) is 4.46. The zero-order valence-corrected chi connectivity index (χ0v) is 11.5. The zero-order chi connectivity index (χ0) is 13.1. The topological polar surface area (TPSA) is 27.1 Å². The van der Waals surface area contributed by atoms with Crippen molar-refractivity contribution in [3.05, 3.63) is 41.7 Å². The van der Waals surface area contributed by atoms with Crippen LogP contribution in [-0.2, 0) is 11.3 Å². The Kier molecular flexibility index (Phi) is 3.82. The highest BCUT2D eigenvalue weighted by molar-refractivity contribution is 5.65. The van der Waals surface area contributed by atoms with Crippen molar-refractivity contribution >= 4 is 0 Å². The van der Waals surface area contributed by atoms with Crippen molar-refractivity contribution in [3.63, 3.8) is 0 Å². The molecule has 0 aliphatic carbocycles. The maximum Gasteiger partial charge on any atom is 0.0793 e. The number of aryl methyl sites for hydroxylation is 1. The Hall–Kier alpha value is -1.61. The van der Waals surface area contributed by atoms with Gasteiger partial charge in [0.15, 0.2) is 0 Å². The Balaban J connectivity index is 2.31. The molecular formula is C15H20N2O. The molecule has 3 heteroatoms. The number of hydrogen-bond donors (Lipinski definition) is 0. The SMILES string of the molecule is CCn1ncc(-c2ccc(C(C)OC)cc2)c1C. The van der Waals surface area contributed by atoms with Crippen LogP contribution < -0.4 is 0 Å². The lowest BCUT2D eigenvalue weighted by atomic mass is 10.0. The third-order valence-corrected chi connectivity index (χ3v) is 3.45. The Labute approximate surface area is 108 Å². The number of methoxy groups -OCH3 is 1. The van der Waals surface area contributed by atoms with Gasteiger partial charge < -0.3 is 4.74 Å². The van der Waals surface area contributed by atoms with Gasteiger partial charge >= 0.3 is 0 Å². The Morgan fingerprint density at radius 3 is 2.44 bits per heavy atom. The van der Waals surface area contributed by atoms with E-state index in [1.165, 1.54) is 22.4 Å². The molecule has 96 valence electrons. The van der Waals surface area contributed by atoms with Gasteiger partial charge in [0.2, 0.25) is 0 Å². The van der Waals surface area contributed by atoms with Crippen LogP contribution in [0, 0.1) is 6.92 Å². The lowest BCUT2D eigenvalue weighted by Crippen LogP contribution is -1.98. The van der Waals surface area contributed by atoms with Crippen molar-refractivity contribution < 1.29 is 4.74 Å². The summed E-state index contributed by atoms with van der Waals surface area (Å²) in [4.78, 5) is 0. The first-order valence-electron chi connectivity index (χ1n) is 6.33. The Morgan fingerprint density at radius 2 is 1.94 bits per heavy atom. The quantitative estimate of drug-likeness (QED) is 0.822. The molecule has 0 saturated heterocycles. The molecule has 0 aliphatic heterocycles. The molecule has 1 heterocycles. The average molecular weight is 244 g/mol. The predicted molar refractivity (Wildman–Crippen MR) is 73.5 cm³/mol. The number of rotatable bonds is 4. The fourth-order valence-corrected chi connectivity index (χ4v) is 2.12. The molecule has 0 radical (unpaired) electrons. The van der Waals surface area contributed by atoms with Crippen LogP contribution in [0.1, 0.15) is 31.2 Å². The van der Waals surface area contributed by atoms with Gasteiger partial charge in [0, 0.05) is 24.9 Å². The molecular weight excluding hydrogens is 224 g/mol. The first-order chi connectivity index (χ1) is 8.67. The minimum Gasteiger partial charge on any atom is -0.377 e. The molecule has 0 N–H and O–H groups in total. The van der Waals surface area contributed by atoms with Gasteiger partial charge in [0.05, 0.1) is 12.3 Å². The number of aromatic nitrogens is 2. The number of benzene rings is 1. The summed E-state index contributed by atoms with van der Waals surface area (Å²) in [6, 6.07) is 8.50. The van der Waals surface area contributed by atoms with Gasteiger partial charge in [-0.2, -0.15) is 5.10 Å². The number of nitrogens with zero attached hydrogens (tertiary/aromatic N) is 2. The molecule has 1 aromatic heterocycles. The average Bonchev–Trinajstić information content (AvgIpc) is 2.79. The van der Waals surface area contributed by atoms with Crippen LogP contribution in [0.3, 0.4) is 0 Å². The third-order valence-electron chi connectivity index (χ3n) is 3.45. The molecule has 1 unspecified atom stereocenters. The second-order valence-corrected chi connectivity index (χ2v) is 4.46. The molecule has 0 aliphatic rings. The summed E-state index contributed by atoms with van der Waals surface area (Å²) in [7, 11) is 1.73. The normalized spacial score (nSPS) is 12.7. The van der Waals surface area contributed by atoms with E-state index in [1.807, 2.05) is 10.9 Å². The zero-order valence-electron chi connectivity index (χ0n) is 11.5. The maximum atomic E-state index is 5.31. The summed E-state index contributed by atoms with van der Waals surface area (Å²) in [6.07, 6.45) is 2.08. The molecule has 1 atom stereocenters. The monoisotopic (exact) mass is 244 g/mol. The fraction of sp³-hybridized carbons (Fsp3) is 0.400. The van der Waals surface area contributed by atoms with Crippen LogP contribution >= 0.6 is 0 Å². The van der Waals surface area contributed by atoms with E-state index in [0.717, 1.165) is 6.54 Å². The van der Waals surface area contributed by atoms with Gasteiger partial charge in [-0.3, -0.25) is 4.68 Å². The van der Waals surface area contributed by atoms with Crippen molar-refractivity contribution in [1.29, 1.82) is 0 Å². The summed E-state index contributed by atoms with van der Waals surface area (Å²) in [5, 5.41) is 4.38. The smallest absolute Gasteiger partial charge is 0.0793 e. The second kappa shape index (κ2) is 5.36. The lowest BCUT2D eigenvalue weighted by molar-refractivity contribution is 0.119. The van der Waals surface area contributed by atoms with Crippen LogP contribution in [0.5, 0.6) is 0 Å². The van der Waals surface area contributed by atoms with E-state index in [1.54, 1.807) is 7.11 Å². The Morgan fingerprint density at radius 1 is 1.28 bits per heavy atom. The van der Waals surface area contributed by atoms with Crippen molar-refractivity contribution in [2.24, 2.45) is 0 Å². The highest BCUT2D eigenvalue weighted by atomic mass is 16.5. The summed E-state index contributed by atoms with van der Waals surface area (Å²) in [5.41, 5.74) is 4.82. The van der Waals surface area contributed by atoms with Gasteiger partial charge in [-0.05, 0) is 31.9 Å². The molecule has 0 bridgehead atoms. The van der Waals surface area contributed by atoms with Crippen molar-refractivity contribution in [2.45, 2.75) is 33.4 Å². The summed E-state index contributed by atoms with van der Waals surface area (Å²) >= 11 is 0. The molecule has 2 rings (SSSR count). The maximum absolute atomic E-state index is 5.31. The lowest BCUT2D eigenvalue weighted by Gasteiger charge is -2.10. The van der Waals surface area contributed by atoms with Crippen molar-refractivity contribution in [2.75, 3.05) is 7.11 Å². The molecule has 0 amide bonds. The van der Waals surface area contributed by atoms with Gasteiger partial charge in [-0.25, -0.2) is 0 Å². The van der Waals surface area contributed by atoms with E-state index in [9.17, 15) is 0 Å². The number of ether oxygens (including phenoxy) is 1. The molecule has 0 spiro atoms. The van der Waals surface area contributed by atoms with Crippen molar-refractivity contribution in [1.82, 2.24) is 9.78 Å². The largest absolute Gasteiger partial charge is 0.377 e. The van der Waals surface area contributed by atoms with Crippen molar-refractivity contribution in [3.8, 4) is 11.1 Å². The van der Waals surface area contributed by atoms with E-state index in [0.29, 0.717) is 0 Å². The van der Waals surface area contributed by atoms with Crippen LogP contribution in [-0.4, -0.2) is 16.9 Å². The highest BCUT2D eigenvalue weighted by Crippen LogP contribution is 2.25. The molecule has 3 nitrogen and oxygen atoms in total. The minimum atomic E-state index is 0.138. The predicted octanol–water partition coefficient (Wildman–Crippen LogP) is 3.59. The molecule has 0 fully saturated rings. The third kappa shape index (κ3) is 2.31. The van der Waals surface area contributed by atoms with E-state index in [4.69, 9.17) is 4.74 Å². The van der Waals surface area contributed by atoms with Crippen LogP contribution in [0.25, 0.3) is 11.1 Å². The first-order valence-corrected chi connectivity index (χ1v) is 6.33. The van der Waals surface area contributed by atoms with Gasteiger partial charge in [-0.1, -0.05) is 24.3 Å². The Bertz CT molecular complexity index is 514. The van der Waals surface area contributed by atoms with E-state index >= 15 is 0 Å². The van der Waals surface area contributed by atoms with Gasteiger partial charge in [0.25, 0.3) is 0 Å². The fourth-order valence-electron chi connectivity index (χ4n) is 2.12. The summed E-state index contributed by atoms with van der Waals surface area (Å²) in [6.45, 7) is 7.17. The molecule has 1 aromatic carbocycles. The summed E-state index contributed by atoms with van der Waals surface area (Å²) < 4.78 is 7.33. The minimum absolute atomic E-state index is 0.138. The van der Waals surface area contributed by atoms with E-state index < -0.39 is 0 Å². The summed E-state index contributed by atoms with van der Waals surface area (Å²) in [5.74, 6) is 0. The van der Waals surface area contributed by atoms with E-state index in [-0.39, 0.29) is 6.10 Å². The molecule has 0 saturated carbocycles. The van der Waals surface area contributed by atoms with Gasteiger partial charge in [-0.15, -0.1) is 0 Å². The molecule has 2 aromatic rings. The standard InChI is InChI=1S/C15H20N2O/c1-5-17-11(2)15(10-16-17)14-8-6-13(7-9-14)12(3)18-4/h6-10,12H,5H2,1-4H3. The van der Waals surface area contributed by atoms with Crippen LogP contribution in [0.4, 0.5) is 0 Å². The number of hydrogen-bond acceptors (Lipinski definition) is 2. The van der Waals surface area contributed by atoms with Gasteiger partial charge in [0.1, 0.15) is 0 Å². The van der Waals surface area contributed by atoms with Crippen LogP contribution in [0.2, 0.25) is 0 Å². The van der Waals surface area contributed by atoms with E-state index in [2.05, 4.69) is 50.1 Å². The van der Waals surface area contributed by atoms with Crippen LogP contribution in [0.15, 0.2) is 30.5 Å².